The highest BCUT2D eigenvalue weighted by atomic mass is 35.5. The lowest BCUT2D eigenvalue weighted by Crippen LogP contribution is -2.29. The second kappa shape index (κ2) is 3.46. The highest BCUT2D eigenvalue weighted by Crippen LogP contribution is 2.62. The highest BCUT2D eigenvalue weighted by molar-refractivity contribution is 5.85. The molecule has 2 fully saturated rings. The van der Waals surface area contributed by atoms with Gasteiger partial charge in [-0.05, 0) is 24.7 Å². The van der Waals surface area contributed by atoms with Gasteiger partial charge in [0.15, 0.2) is 0 Å². The summed E-state index contributed by atoms with van der Waals surface area (Å²) in [6.07, 6.45) is 4.33. The number of carbonyl (C=O) groups excluding carboxylic acids is 1. The van der Waals surface area contributed by atoms with Crippen molar-refractivity contribution in [2.75, 3.05) is 7.11 Å². The first-order chi connectivity index (χ1) is 5.70. The van der Waals surface area contributed by atoms with Gasteiger partial charge in [0.1, 0.15) is 0 Å². The average Bonchev–Trinajstić information content (AvgIpc) is 2.68. The number of methoxy groups -OCH3 is 1. The molecule has 1 spiro atoms. The molecule has 0 bridgehead atoms. The van der Waals surface area contributed by atoms with E-state index >= 15 is 0 Å². The fourth-order valence-corrected chi connectivity index (χ4v) is 2.59. The number of halogens is 1. The van der Waals surface area contributed by atoms with E-state index in [2.05, 4.69) is 0 Å². The third-order valence-corrected chi connectivity index (χ3v) is 3.50. The lowest BCUT2D eigenvalue weighted by atomic mass is 9.98. The molecule has 76 valence electrons. The van der Waals surface area contributed by atoms with Gasteiger partial charge in [0, 0.05) is 6.04 Å². The number of ether oxygens (including phenoxy) is 1. The van der Waals surface area contributed by atoms with Gasteiger partial charge < -0.3 is 10.5 Å². The molecule has 0 amide bonds. The third kappa shape index (κ3) is 1.44. The fourth-order valence-electron chi connectivity index (χ4n) is 2.59. The van der Waals surface area contributed by atoms with Crippen molar-refractivity contribution in [3.63, 3.8) is 0 Å². The van der Waals surface area contributed by atoms with Crippen LogP contribution in [-0.2, 0) is 9.53 Å². The van der Waals surface area contributed by atoms with Gasteiger partial charge in [-0.1, -0.05) is 6.42 Å². The average molecular weight is 206 g/mol. The van der Waals surface area contributed by atoms with Crippen LogP contribution in [0.4, 0.5) is 0 Å². The van der Waals surface area contributed by atoms with Crippen LogP contribution in [0.1, 0.15) is 25.7 Å². The van der Waals surface area contributed by atoms with E-state index in [1.165, 1.54) is 13.5 Å². The first-order valence-electron chi connectivity index (χ1n) is 4.54. The van der Waals surface area contributed by atoms with E-state index in [4.69, 9.17) is 10.5 Å². The molecule has 0 radical (unpaired) electrons. The molecule has 0 aromatic carbocycles. The highest BCUT2D eigenvalue weighted by Gasteiger charge is 2.63. The molecule has 0 aliphatic heterocycles. The summed E-state index contributed by atoms with van der Waals surface area (Å²) in [5.74, 6) is 0.0485. The third-order valence-electron chi connectivity index (χ3n) is 3.50. The summed E-state index contributed by atoms with van der Waals surface area (Å²) in [7, 11) is 1.45. The van der Waals surface area contributed by atoms with E-state index in [-0.39, 0.29) is 35.8 Å². The van der Waals surface area contributed by atoms with Crippen molar-refractivity contribution in [3.8, 4) is 0 Å². The number of carbonyl (C=O) groups is 1. The SMILES string of the molecule is COC(=O)C1CC12CCCC2N.Cl. The molecule has 0 aromatic heterocycles. The zero-order valence-electron chi connectivity index (χ0n) is 7.79. The smallest absolute Gasteiger partial charge is 0.309 e. The largest absolute Gasteiger partial charge is 0.469 e. The molecule has 2 saturated carbocycles. The number of hydrogen-bond acceptors (Lipinski definition) is 3. The molecular weight excluding hydrogens is 190 g/mol. The summed E-state index contributed by atoms with van der Waals surface area (Å²) >= 11 is 0. The predicted octanol–water partition coefficient (Wildman–Crippen LogP) is 1.10. The van der Waals surface area contributed by atoms with Crippen molar-refractivity contribution in [3.05, 3.63) is 0 Å². The molecule has 2 N–H and O–H groups in total. The Kier molecular flexibility index (Phi) is 2.88. The first kappa shape index (κ1) is 10.8. The Hall–Kier alpha value is -0.280. The molecule has 3 atom stereocenters. The maximum Gasteiger partial charge on any atom is 0.309 e. The molecule has 3 unspecified atom stereocenters. The minimum Gasteiger partial charge on any atom is -0.469 e. The van der Waals surface area contributed by atoms with Gasteiger partial charge in [0.25, 0.3) is 0 Å². The second-order valence-corrected chi connectivity index (χ2v) is 4.01. The van der Waals surface area contributed by atoms with E-state index in [0.717, 1.165) is 19.3 Å². The van der Waals surface area contributed by atoms with Gasteiger partial charge in [0.05, 0.1) is 13.0 Å². The van der Waals surface area contributed by atoms with Crippen LogP contribution in [0.5, 0.6) is 0 Å². The Bertz CT molecular complexity index is 222. The van der Waals surface area contributed by atoms with Gasteiger partial charge in [-0.25, -0.2) is 0 Å². The summed E-state index contributed by atoms with van der Waals surface area (Å²) in [6, 6.07) is 0.238. The van der Waals surface area contributed by atoms with Crippen molar-refractivity contribution in [2.24, 2.45) is 17.1 Å². The summed E-state index contributed by atoms with van der Waals surface area (Å²) in [5.41, 5.74) is 6.10. The monoisotopic (exact) mass is 205 g/mol. The molecule has 2 aliphatic carbocycles. The van der Waals surface area contributed by atoms with Gasteiger partial charge >= 0.3 is 5.97 Å². The zero-order valence-corrected chi connectivity index (χ0v) is 8.60. The standard InChI is InChI=1S/C9H15NO2.ClH/c1-12-8(11)6-5-9(6)4-2-3-7(9)10;/h6-7H,2-5,10H2,1H3;1H. The van der Waals surface area contributed by atoms with Crippen molar-refractivity contribution < 1.29 is 9.53 Å². The van der Waals surface area contributed by atoms with Crippen LogP contribution in [0.15, 0.2) is 0 Å². The maximum absolute atomic E-state index is 11.2. The molecule has 0 heterocycles. The van der Waals surface area contributed by atoms with Crippen LogP contribution in [0.2, 0.25) is 0 Å². The van der Waals surface area contributed by atoms with E-state index < -0.39 is 0 Å². The Morgan fingerprint density at radius 1 is 1.62 bits per heavy atom. The minimum atomic E-state index is -0.0626. The molecule has 13 heavy (non-hydrogen) atoms. The maximum atomic E-state index is 11.2. The van der Waals surface area contributed by atoms with Crippen LogP contribution in [0.25, 0.3) is 0 Å². The van der Waals surface area contributed by atoms with Crippen LogP contribution < -0.4 is 5.73 Å². The fraction of sp³-hybridized carbons (Fsp3) is 0.889. The van der Waals surface area contributed by atoms with Crippen molar-refractivity contribution >= 4 is 18.4 Å². The van der Waals surface area contributed by atoms with E-state index in [1.54, 1.807) is 0 Å². The minimum absolute atomic E-state index is 0. The molecule has 3 nitrogen and oxygen atoms in total. The normalized spacial score (nSPS) is 41.4. The van der Waals surface area contributed by atoms with Crippen molar-refractivity contribution in [1.82, 2.24) is 0 Å². The molecule has 4 heteroatoms. The summed E-state index contributed by atoms with van der Waals surface area (Å²) in [4.78, 5) is 11.2. The van der Waals surface area contributed by atoms with Crippen molar-refractivity contribution in [2.45, 2.75) is 31.7 Å². The zero-order chi connectivity index (χ0) is 8.77. The molecule has 0 saturated heterocycles. The Labute approximate surface area is 84.4 Å². The van der Waals surface area contributed by atoms with Gasteiger partial charge in [-0.2, -0.15) is 0 Å². The second-order valence-electron chi connectivity index (χ2n) is 4.01. The van der Waals surface area contributed by atoms with Crippen LogP contribution in [0.3, 0.4) is 0 Å². The van der Waals surface area contributed by atoms with Crippen LogP contribution in [0, 0.1) is 11.3 Å². The van der Waals surface area contributed by atoms with Gasteiger partial charge in [0.2, 0.25) is 0 Å². The summed E-state index contributed by atoms with van der Waals surface area (Å²) in [5, 5.41) is 0. The summed E-state index contributed by atoms with van der Waals surface area (Å²) in [6.45, 7) is 0. The number of nitrogens with two attached hydrogens (primary N) is 1. The van der Waals surface area contributed by atoms with E-state index in [0.29, 0.717) is 0 Å². The summed E-state index contributed by atoms with van der Waals surface area (Å²) < 4.78 is 4.71. The lowest BCUT2D eigenvalue weighted by molar-refractivity contribution is -0.143. The molecular formula is C9H16ClNO2. The lowest BCUT2D eigenvalue weighted by Gasteiger charge is -2.13. The molecule has 0 aromatic rings. The van der Waals surface area contributed by atoms with Crippen molar-refractivity contribution in [1.29, 1.82) is 0 Å². The Morgan fingerprint density at radius 2 is 2.31 bits per heavy atom. The van der Waals surface area contributed by atoms with Gasteiger partial charge in [-0.3, -0.25) is 4.79 Å². The van der Waals surface area contributed by atoms with E-state index in [1.807, 2.05) is 0 Å². The number of esters is 1. The Morgan fingerprint density at radius 3 is 2.77 bits per heavy atom. The quantitative estimate of drug-likeness (QED) is 0.653. The molecule has 2 rings (SSSR count). The number of rotatable bonds is 1. The van der Waals surface area contributed by atoms with Crippen LogP contribution in [-0.4, -0.2) is 19.1 Å². The number of hydrogen-bond donors (Lipinski definition) is 1. The Balaban J connectivity index is 0.000000845. The van der Waals surface area contributed by atoms with E-state index in [9.17, 15) is 4.79 Å². The first-order valence-corrected chi connectivity index (χ1v) is 4.54. The van der Waals surface area contributed by atoms with Gasteiger partial charge in [-0.15, -0.1) is 12.4 Å². The predicted molar refractivity (Wildman–Crippen MR) is 51.6 cm³/mol. The van der Waals surface area contributed by atoms with Crippen LogP contribution >= 0.6 is 12.4 Å². The molecule has 2 aliphatic rings. The topological polar surface area (TPSA) is 52.3 Å².